The molecule has 0 radical (unpaired) electrons. The number of aliphatic hydroxyl groups is 1. The molecule has 0 aliphatic heterocycles. The van der Waals surface area contributed by atoms with Gasteiger partial charge in [0.25, 0.3) is 0 Å². The third-order valence-corrected chi connectivity index (χ3v) is 5.14. The highest BCUT2D eigenvalue weighted by molar-refractivity contribution is 5.77. The number of carbonyl (C=O) groups excluding carboxylic acids is 2. The van der Waals surface area contributed by atoms with Crippen molar-refractivity contribution < 1.29 is 28.9 Å². The molecule has 0 saturated heterocycles. The molecule has 1 saturated carbocycles. The molecule has 30 heavy (non-hydrogen) atoms. The zero-order valence-corrected chi connectivity index (χ0v) is 17.5. The van der Waals surface area contributed by atoms with Gasteiger partial charge in [-0.3, -0.25) is 10.2 Å². The van der Waals surface area contributed by atoms with Crippen LogP contribution in [0.4, 0.5) is 4.79 Å². The Morgan fingerprint density at radius 2 is 1.83 bits per heavy atom. The van der Waals surface area contributed by atoms with Crippen LogP contribution in [0.1, 0.15) is 43.7 Å². The van der Waals surface area contributed by atoms with E-state index in [2.05, 4.69) is 5.32 Å². The van der Waals surface area contributed by atoms with Gasteiger partial charge in [-0.15, -0.1) is 0 Å². The number of hydrogen-bond acceptors (Lipinski definition) is 7. The van der Waals surface area contributed by atoms with Crippen molar-refractivity contribution in [2.45, 2.75) is 58.3 Å². The molecule has 1 atom stereocenters. The Morgan fingerprint density at radius 3 is 2.40 bits per heavy atom. The highest BCUT2D eigenvalue weighted by atomic mass is 16.7. The van der Waals surface area contributed by atoms with Crippen LogP contribution in [-0.2, 0) is 25.6 Å². The SMILES string of the molecule is Cc1ccc(COC(=O)OCC(C)(CO)C(=O)OC2CCC(NC(=N)N)CC2)cc1. The van der Waals surface area contributed by atoms with E-state index in [0.717, 1.165) is 24.0 Å². The Hall–Kier alpha value is -2.81. The summed E-state index contributed by atoms with van der Waals surface area (Å²) in [5, 5.41) is 19.8. The molecule has 0 spiro atoms. The maximum Gasteiger partial charge on any atom is 0.508 e. The van der Waals surface area contributed by atoms with E-state index in [1.54, 1.807) is 0 Å². The quantitative estimate of drug-likeness (QED) is 0.283. The molecule has 0 amide bonds. The summed E-state index contributed by atoms with van der Waals surface area (Å²) in [6.07, 6.45) is 1.47. The molecule has 9 heteroatoms. The molecule has 1 aliphatic rings. The van der Waals surface area contributed by atoms with Gasteiger partial charge in [-0.05, 0) is 45.1 Å². The van der Waals surface area contributed by atoms with Crippen molar-refractivity contribution >= 4 is 18.1 Å². The van der Waals surface area contributed by atoms with E-state index >= 15 is 0 Å². The third-order valence-electron chi connectivity index (χ3n) is 5.14. The van der Waals surface area contributed by atoms with E-state index in [4.69, 9.17) is 25.4 Å². The highest BCUT2D eigenvalue weighted by Crippen LogP contribution is 2.26. The number of benzene rings is 1. The summed E-state index contributed by atoms with van der Waals surface area (Å²) in [6.45, 7) is 2.61. The van der Waals surface area contributed by atoms with Gasteiger partial charge >= 0.3 is 12.1 Å². The summed E-state index contributed by atoms with van der Waals surface area (Å²) < 4.78 is 15.6. The minimum Gasteiger partial charge on any atom is -0.462 e. The average molecular weight is 421 g/mol. The second kappa shape index (κ2) is 10.8. The molecule has 1 aliphatic carbocycles. The van der Waals surface area contributed by atoms with Gasteiger partial charge in [-0.1, -0.05) is 29.8 Å². The molecule has 1 fully saturated rings. The van der Waals surface area contributed by atoms with Crippen molar-refractivity contribution in [3.8, 4) is 0 Å². The minimum absolute atomic E-state index is 0.0525. The van der Waals surface area contributed by atoms with Crippen molar-refractivity contribution in [3.05, 3.63) is 35.4 Å². The number of aliphatic hydroxyl groups excluding tert-OH is 1. The van der Waals surface area contributed by atoms with Crippen LogP contribution in [0.5, 0.6) is 0 Å². The number of guanidine groups is 1. The van der Waals surface area contributed by atoms with E-state index in [1.807, 2.05) is 31.2 Å². The number of esters is 1. The van der Waals surface area contributed by atoms with Crippen LogP contribution in [0.3, 0.4) is 0 Å². The number of nitrogens with one attached hydrogen (secondary N) is 2. The molecule has 9 nitrogen and oxygen atoms in total. The zero-order valence-electron chi connectivity index (χ0n) is 17.5. The molecule has 166 valence electrons. The van der Waals surface area contributed by atoms with Crippen LogP contribution in [-0.4, -0.2) is 48.6 Å². The lowest BCUT2D eigenvalue weighted by molar-refractivity contribution is -0.167. The van der Waals surface area contributed by atoms with Gasteiger partial charge in [-0.25, -0.2) is 4.79 Å². The predicted molar refractivity (Wildman–Crippen MR) is 110 cm³/mol. The van der Waals surface area contributed by atoms with E-state index in [0.29, 0.717) is 12.8 Å². The van der Waals surface area contributed by atoms with Gasteiger partial charge in [0.15, 0.2) is 5.96 Å². The lowest BCUT2D eigenvalue weighted by Gasteiger charge is -2.32. The number of hydrogen-bond donors (Lipinski definition) is 4. The monoisotopic (exact) mass is 421 g/mol. The second-order valence-corrected chi connectivity index (χ2v) is 7.97. The van der Waals surface area contributed by atoms with Gasteiger partial charge < -0.3 is 30.4 Å². The second-order valence-electron chi connectivity index (χ2n) is 7.97. The normalized spacial score (nSPS) is 20.5. The number of carbonyl (C=O) groups is 2. The Bertz CT molecular complexity index is 731. The smallest absolute Gasteiger partial charge is 0.462 e. The Labute approximate surface area is 176 Å². The molecule has 0 bridgehead atoms. The Kier molecular flexibility index (Phi) is 8.46. The first kappa shape index (κ1) is 23.5. The summed E-state index contributed by atoms with van der Waals surface area (Å²) in [5.41, 5.74) is 5.88. The van der Waals surface area contributed by atoms with Gasteiger partial charge in [0.05, 0.1) is 6.61 Å². The van der Waals surface area contributed by atoms with Crippen LogP contribution in [0.2, 0.25) is 0 Å². The molecule has 1 aromatic rings. The largest absolute Gasteiger partial charge is 0.508 e. The first-order valence-corrected chi connectivity index (χ1v) is 9.99. The fourth-order valence-electron chi connectivity index (χ4n) is 3.09. The van der Waals surface area contributed by atoms with E-state index < -0.39 is 24.1 Å². The number of aryl methyl sites for hydroxylation is 1. The first-order valence-electron chi connectivity index (χ1n) is 9.99. The van der Waals surface area contributed by atoms with Crippen LogP contribution >= 0.6 is 0 Å². The number of rotatable bonds is 8. The first-order chi connectivity index (χ1) is 14.2. The van der Waals surface area contributed by atoms with Gasteiger partial charge in [0.1, 0.15) is 24.7 Å². The minimum atomic E-state index is -1.38. The van der Waals surface area contributed by atoms with Gasteiger partial charge in [-0.2, -0.15) is 0 Å². The lowest BCUT2D eigenvalue weighted by atomic mass is 9.91. The number of nitrogens with two attached hydrogens (primary N) is 1. The van der Waals surface area contributed by atoms with Crippen molar-refractivity contribution in [1.82, 2.24) is 5.32 Å². The summed E-state index contributed by atoms with van der Waals surface area (Å²) in [6, 6.07) is 7.60. The van der Waals surface area contributed by atoms with E-state index in [9.17, 15) is 14.7 Å². The van der Waals surface area contributed by atoms with Crippen LogP contribution in [0.25, 0.3) is 0 Å². The maximum atomic E-state index is 12.6. The molecule has 0 aromatic heterocycles. The Balaban J connectivity index is 1.77. The van der Waals surface area contributed by atoms with Crippen LogP contribution in [0, 0.1) is 17.7 Å². The fourth-order valence-corrected chi connectivity index (χ4v) is 3.09. The highest BCUT2D eigenvalue weighted by Gasteiger charge is 2.38. The molecule has 5 N–H and O–H groups in total. The zero-order chi connectivity index (χ0) is 22.1. The Morgan fingerprint density at radius 1 is 1.20 bits per heavy atom. The van der Waals surface area contributed by atoms with Crippen LogP contribution in [0.15, 0.2) is 24.3 Å². The number of ether oxygens (including phenoxy) is 3. The summed E-state index contributed by atoms with van der Waals surface area (Å²) in [4.78, 5) is 24.4. The lowest BCUT2D eigenvalue weighted by Crippen LogP contribution is -2.44. The molecule has 2 rings (SSSR count). The average Bonchev–Trinajstić information content (AvgIpc) is 2.72. The van der Waals surface area contributed by atoms with Crippen LogP contribution < -0.4 is 11.1 Å². The summed E-state index contributed by atoms with van der Waals surface area (Å²) in [7, 11) is 0. The predicted octanol–water partition coefficient (Wildman–Crippen LogP) is 1.98. The van der Waals surface area contributed by atoms with Crippen molar-refractivity contribution in [3.63, 3.8) is 0 Å². The molecular weight excluding hydrogens is 390 g/mol. The van der Waals surface area contributed by atoms with E-state index in [-0.39, 0.29) is 31.3 Å². The topological polar surface area (TPSA) is 144 Å². The molecule has 1 aromatic carbocycles. The van der Waals surface area contributed by atoms with Crippen molar-refractivity contribution in [1.29, 1.82) is 5.41 Å². The fraction of sp³-hybridized carbons (Fsp3) is 0.571. The summed E-state index contributed by atoms with van der Waals surface area (Å²) in [5.74, 6) is -0.700. The standard InChI is InChI=1S/C21H31N3O6/c1-14-3-5-15(6-4-14)11-28-20(27)29-13-21(2,12-25)18(26)30-17-9-7-16(8-10-17)24-19(22)23/h3-6,16-17,25H,7-13H2,1-2H3,(H4,22,23,24). The molecule has 1 unspecified atom stereocenters. The molecular formula is C21H31N3O6. The summed E-state index contributed by atoms with van der Waals surface area (Å²) >= 11 is 0. The third kappa shape index (κ3) is 7.22. The van der Waals surface area contributed by atoms with Gasteiger partial charge in [0, 0.05) is 6.04 Å². The maximum absolute atomic E-state index is 12.6. The van der Waals surface area contributed by atoms with Crippen molar-refractivity contribution in [2.75, 3.05) is 13.2 Å². The van der Waals surface area contributed by atoms with Gasteiger partial charge in [0.2, 0.25) is 0 Å². The van der Waals surface area contributed by atoms with E-state index in [1.165, 1.54) is 6.92 Å². The van der Waals surface area contributed by atoms with Crippen molar-refractivity contribution in [2.24, 2.45) is 11.1 Å². The molecule has 0 heterocycles.